The van der Waals surface area contributed by atoms with Crippen molar-refractivity contribution in [1.82, 2.24) is 5.32 Å². The molecule has 1 aromatic rings. The van der Waals surface area contributed by atoms with Crippen molar-refractivity contribution in [3.63, 3.8) is 0 Å². The van der Waals surface area contributed by atoms with Crippen LogP contribution in [0.5, 0.6) is 5.75 Å². The summed E-state index contributed by atoms with van der Waals surface area (Å²) < 4.78 is 5.98. The van der Waals surface area contributed by atoms with Gasteiger partial charge in [0.25, 0.3) is 0 Å². The molecule has 0 aliphatic heterocycles. The average molecular weight is 275 g/mol. The molecule has 112 valence electrons. The molecule has 0 radical (unpaired) electrons. The van der Waals surface area contributed by atoms with Crippen LogP contribution in [0.15, 0.2) is 24.3 Å². The molecule has 0 heterocycles. The van der Waals surface area contributed by atoms with Crippen LogP contribution in [0.3, 0.4) is 0 Å². The summed E-state index contributed by atoms with van der Waals surface area (Å²) in [6.07, 6.45) is 7.05. The molecule has 0 bridgehead atoms. The molecule has 1 fully saturated rings. The molecule has 0 aromatic heterocycles. The number of benzene rings is 1. The van der Waals surface area contributed by atoms with Crippen LogP contribution in [0.2, 0.25) is 0 Å². The molecule has 0 saturated heterocycles. The highest BCUT2D eigenvalue weighted by atomic mass is 16.5. The third-order valence-electron chi connectivity index (χ3n) is 4.18. The van der Waals surface area contributed by atoms with Gasteiger partial charge in [-0.25, -0.2) is 0 Å². The van der Waals surface area contributed by atoms with Gasteiger partial charge < -0.3 is 10.1 Å². The summed E-state index contributed by atoms with van der Waals surface area (Å²) in [5.41, 5.74) is 1.37. The van der Waals surface area contributed by atoms with Crippen molar-refractivity contribution in [1.29, 1.82) is 0 Å². The summed E-state index contributed by atoms with van der Waals surface area (Å²) in [6.45, 7) is 7.52. The van der Waals surface area contributed by atoms with Gasteiger partial charge in [-0.15, -0.1) is 0 Å². The Morgan fingerprint density at radius 3 is 2.30 bits per heavy atom. The predicted octanol–water partition coefficient (Wildman–Crippen LogP) is 4.50. The summed E-state index contributed by atoms with van der Waals surface area (Å²) in [5, 5.41) is 3.65. The molecule has 1 aliphatic carbocycles. The summed E-state index contributed by atoms with van der Waals surface area (Å²) in [7, 11) is 0. The Morgan fingerprint density at radius 2 is 1.70 bits per heavy atom. The van der Waals surface area contributed by atoms with Gasteiger partial charge >= 0.3 is 0 Å². The molecule has 0 spiro atoms. The quantitative estimate of drug-likeness (QED) is 0.825. The Bertz CT molecular complexity index is 379. The molecule has 1 N–H and O–H groups in total. The third kappa shape index (κ3) is 4.82. The van der Waals surface area contributed by atoms with Crippen LogP contribution >= 0.6 is 0 Å². The summed E-state index contributed by atoms with van der Waals surface area (Å²) in [5.74, 6) is 1.56. The zero-order valence-corrected chi connectivity index (χ0v) is 13.2. The Labute approximate surface area is 123 Å². The lowest BCUT2D eigenvalue weighted by Gasteiger charge is -2.25. The van der Waals surface area contributed by atoms with Gasteiger partial charge in [-0.05, 0) is 43.4 Å². The van der Waals surface area contributed by atoms with Crippen LogP contribution in [-0.2, 0) is 0 Å². The highest BCUT2D eigenvalue weighted by Crippen LogP contribution is 2.20. The summed E-state index contributed by atoms with van der Waals surface area (Å²) in [4.78, 5) is 0. The van der Waals surface area contributed by atoms with Crippen LogP contribution in [0, 0.1) is 0 Å². The van der Waals surface area contributed by atoms with E-state index < -0.39 is 0 Å². The van der Waals surface area contributed by atoms with E-state index in [9.17, 15) is 0 Å². The van der Waals surface area contributed by atoms with Gasteiger partial charge in [0, 0.05) is 12.6 Å². The Kier molecular flexibility index (Phi) is 5.90. The molecular weight excluding hydrogens is 246 g/mol. The number of ether oxygens (including phenoxy) is 1. The topological polar surface area (TPSA) is 21.3 Å². The van der Waals surface area contributed by atoms with Crippen LogP contribution < -0.4 is 10.1 Å². The maximum atomic E-state index is 5.98. The number of nitrogens with one attached hydrogen (secondary N) is 1. The summed E-state index contributed by atoms with van der Waals surface area (Å²) in [6, 6.07) is 9.22. The molecule has 1 atom stereocenters. The normalized spacial score (nSPS) is 18.2. The smallest absolute Gasteiger partial charge is 0.119 e. The Balaban J connectivity index is 1.74. The van der Waals surface area contributed by atoms with E-state index in [-0.39, 0.29) is 6.10 Å². The van der Waals surface area contributed by atoms with Crippen LogP contribution in [-0.4, -0.2) is 18.7 Å². The molecule has 1 aliphatic rings. The first-order chi connectivity index (χ1) is 9.65. The van der Waals surface area contributed by atoms with E-state index in [0.29, 0.717) is 12.0 Å². The minimum atomic E-state index is 0.224. The van der Waals surface area contributed by atoms with Crippen molar-refractivity contribution >= 4 is 0 Å². The van der Waals surface area contributed by atoms with Crippen molar-refractivity contribution in [2.75, 3.05) is 6.54 Å². The van der Waals surface area contributed by atoms with E-state index in [1.807, 2.05) is 0 Å². The summed E-state index contributed by atoms with van der Waals surface area (Å²) >= 11 is 0. The Hall–Kier alpha value is -1.02. The first kappa shape index (κ1) is 15.4. The standard InChI is InChI=1S/C18H29NO/c1-14(2)16-9-11-18(12-10-16)20-15(3)13-19-17-7-5-4-6-8-17/h9-12,14-15,17,19H,4-8,13H2,1-3H3/t15-/m1/s1. The van der Waals surface area contributed by atoms with E-state index in [0.717, 1.165) is 12.3 Å². The molecule has 1 aromatic carbocycles. The SMILES string of the molecule is CC(C)c1ccc(O[C@H](C)CNC2CCCCC2)cc1. The molecule has 0 amide bonds. The lowest BCUT2D eigenvalue weighted by Crippen LogP contribution is -2.37. The fourth-order valence-electron chi connectivity index (χ4n) is 2.84. The second-order valence-corrected chi connectivity index (χ2v) is 6.40. The first-order valence-electron chi connectivity index (χ1n) is 8.15. The van der Waals surface area contributed by atoms with Gasteiger partial charge in [0.05, 0.1) is 0 Å². The minimum Gasteiger partial charge on any atom is -0.489 e. The average Bonchev–Trinajstić information content (AvgIpc) is 2.47. The Morgan fingerprint density at radius 1 is 1.05 bits per heavy atom. The maximum absolute atomic E-state index is 5.98. The fourth-order valence-corrected chi connectivity index (χ4v) is 2.84. The molecule has 2 heteroatoms. The van der Waals surface area contributed by atoms with E-state index in [4.69, 9.17) is 4.74 Å². The maximum Gasteiger partial charge on any atom is 0.119 e. The van der Waals surface area contributed by atoms with Gasteiger partial charge in [0.15, 0.2) is 0 Å². The number of hydrogen-bond acceptors (Lipinski definition) is 2. The molecule has 2 rings (SSSR count). The lowest BCUT2D eigenvalue weighted by atomic mass is 9.95. The zero-order valence-electron chi connectivity index (χ0n) is 13.2. The highest BCUT2D eigenvalue weighted by Gasteiger charge is 2.14. The van der Waals surface area contributed by atoms with Gasteiger partial charge in [0.1, 0.15) is 11.9 Å². The second-order valence-electron chi connectivity index (χ2n) is 6.40. The van der Waals surface area contributed by atoms with Crippen LogP contribution in [0.25, 0.3) is 0 Å². The van der Waals surface area contributed by atoms with Crippen molar-refractivity contribution in [2.45, 2.75) is 70.9 Å². The largest absolute Gasteiger partial charge is 0.489 e. The molecule has 2 nitrogen and oxygen atoms in total. The van der Waals surface area contributed by atoms with E-state index in [1.165, 1.54) is 37.7 Å². The predicted molar refractivity (Wildman–Crippen MR) is 85.5 cm³/mol. The van der Waals surface area contributed by atoms with Crippen molar-refractivity contribution < 1.29 is 4.74 Å². The molecule has 20 heavy (non-hydrogen) atoms. The van der Waals surface area contributed by atoms with Gasteiger partial charge in [-0.2, -0.15) is 0 Å². The van der Waals surface area contributed by atoms with Gasteiger partial charge in [0.2, 0.25) is 0 Å². The van der Waals surface area contributed by atoms with E-state index in [1.54, 1.807) is 0 Å². The second kappa shape index (κ2) is 7.68. The first-order valence-corrected chi connectivity index (χ1v) is 8.15. The van der Waals surface area contributed by atoms with Gasteiger partial charge in [-0.1, -0.05) is 45.2 Å². The van der Waals surface area contributed by atoms with Crippen molar-refractivity contribution in [2.24, 2.45) is 0 Å². The van der Waals surface area contributed by atoms with Crippen molar-refractivity contribution in [3.05, 3.63) is 29.8 Å². The zero-order chi connectivity index (χ0) is 14.4. The van der Waals surface area contributed by atoms with E-state index in [2.05, 4.69) is 50.4 Å². The van der Waals surface area contributed by atoms with Crippen molar-refractivity contribution in [3.8, 4) is 5.75 Å². The number of hydrogen-bond donors (Lipinski definition) is 1. The minimum absolute atomic E-state index is 0.224. The fraction of sp³-hybridized carbons (Fsp3) is 0.667. The van der Waals surface area contributed by atoms with Crippen LogP contribution in [0.4, 0.5) is 0 Å². The monoisotopic (exact) mass is 275 g/mol. The lowest BCUT2D eigenvalue weighted by molar-refractivity contribution is 0.205. The molecule has 1 saturated carbocycles. The van der Waals surface area contributed by atoms with Gasteiger partial charge in [-0.3, -0.25) is 0 Å². The van der Waals surface area contributed by atoms with E-state index >= 15 is 0 Å². The van der Waals surface area contributed by atoms with Crippen LogP contribution in [0.1, 0.15) is 64.4 Å². The number of rotatable bonds is 6. The highest BCUT2D eigenvalue weighted by molar-refractivity contribution is 5.29. The molecular formula is C18H29NO. The third-order valence-corrected chi connectivity index (χ3v) is 4.18. The molecule has 0 unspecified atom stereocenters.